The third-order valence-corrected chi connectivity index (χ3v) is 3.66. The summed E-state index contributed by atoms with van der Waals surface area (Å²) in [4.78, 5) is 4.60. The van der Waals surface area contributed by atoms with Crippen LogP contribution in [0.1, 0.15) is 18.2 Å². The Morgan fingerprint density at radius 2 is 2.44 bits per heavy atom. The van der Waals surface area contributed by atoms with Crippen LogP contribution >= 0.6 is 15.9 Å². The van der Waals surface area contributed by atoms with Crippen molar-refractivity contribution in [3.63, 3.8) is 0 Å². The predicted octanol–water partition coefficient (Wildman–Crippen LogP) is 1.76. The third kappa shape index (κ3) is 1.51. The molecule has 0 amide bonds. The molecule has 0 spiro atoms. The number of nitrogens with two attached hydrogens (primary N) is 1. The molecule has 2 aromatic rings. The molecule has 1 saturated heterocycles. The summed E-state index contributed by atoms with van der Waals surface area (Å²) in [6.07, 6.45) is 3.14. The number of fused-ring (bicyclic) bond motifs is 1. The summed E-state index contributed by atoms with van der Waals surface area (Å²) in [6.45, 7) is 2.09. The first-order valence-corrected chi connectivity index (χ1v) is 6.18. The highest BCUT2D eigenvalue weighted by atomic mass is 79.9. The SMILES string of the molecule is Nc1ccn2c(C3CCNC3)nc(Br)c2c1. The Kier molecular flexibility index (Phi) is 2.37. The zero-order valence-electron chi connectivity index (χ0n) is 8.78. The van der Waals surface area contributed by atoms with Crippen LogP contribution in [0.3, 0.4) is 0 Å². The molecule has 1 atom stereocenters. The molecule has 1 fully saturated rings. The van der Waals surface area contributed by atoms with Gasteiger partial charge in [-0.25, -0.2) is 4.98 Å². The van der Waals surface area contributed by atoms with Crippen LogP contribution in [0, 0.1) is 0 Å². The fourth-order valence-corrected chi connectivity index (χ4v) is 2.74. The lowest BCUT2D eigenvalue weighted by Crippen LogP contribution is -2.10. The van der Waals surface area contributed by atoms with Crippen LogP contribution in [-0.4, -0.2) is 22.5 Å². The quantitative estimate of drug-likeness (QED) is 0.837. The third-order valence-electron chi connectivity index (χ3n) is 3.08. The largest absolute Gasteiger partial charge is 0.399 e. The maximum absolute atomic E-state index is 5.78. The molecule has 0 aliphatic carbocycles. The van der Waals surface area contributed by atoms with Crippen molar-refractivity contribution < 1.29 is 0 Å². The molecule has 3 heterocycles. The van der Waals surface area contributed by atoms with E-state index in [4.69, 9.17) is 5.73 Å². The van der Waals surface area contributed by atoms with E-state index in [1.165, 1.54) is 0 Å². The lowest BCUT2D eigenvalue weighted by molar-refractivity contribution is 0.698. The monoisotopic (exact) mass is 280 g/mol. The van der Waals surface area contributed by atoms with Crippen LogP contribution in [0.15, 0.2) is 22.9 Å². The molecule has 1 aliphatic rings. The number of pyridine rings is 1. The maximum Gasteiger partial charge on any atom is 0.132 e. The van der Waals surface area contributed by atoms with Crippen molar-refractivity contribution in [1.82, 2.24) is 14.7 Å². The van der Waals surface area contributed by atoms with E-state index >= 15 is 0 Å². The van der Waals surface area contributed by atoms with E-state index in [1.54, 1.807) is 0 Å². The van der Waals surface area contributed by atoms with Gasteiger partial charge in [-0.1, -0.05) is 0 Å². The van der Waals surface area contributed by atoms with Gasteiger partial charge in [-0.3, -0.25) is 0 Å². The van der Waals surface area contributed by atoms with Crippen molar-refractivity contribution in [3.05, 3.63) is 28.8 Å². The van der Waals surface area contributed by atoms with Gasteiger partial charge in [0.15, 0.2) is 0 Å². The molecule has 4 nitrogen and oxygen atoms in total. The van der Waals surface area contributed by atoms with Gasteiger partial charge in [-0.05, 0) is 41.0 Å². The van der Waals surface area contributed by atoms with Crippen LogP contribution in [0.5, 0.6) is 0 Å². The van der Waals surface area contributed by atoms with E-state index in [0.717, 1.165) is 41.1 Å². The molecular formula is C11H13BrN4. The molecule has 0 aromatic carbocycles. The van der Waals surface area contributed by atoms with E-state index in [0.29, 0.717) is 5.92 Å². The number of anilines is 1. The Bertz CT molecular complexity index is 528. The van der Waals surface area contributed by atoms with Gasteiger partial charge >= 0.3 is 0 Å². The van der Waals surface area contributed by atoms with Crippen molar-refractivity contribution in [3.8, 4) is 0 Å². The van der Waals surface area contributed by atoms with Gasteiger partial charge < -0.3 is 15.5 Å². The van der Waals surface area contributed by atoms with Gasteiger partial charge in [0.05, 0.1) is 5.52 Å². The smallest absolute Gasteiger partial charge is 0.132 e. The van der Waals surface area contributed by atoms with Crippen molar-refractivity contribution in [2.45, 2.75) is 12.3 Å². The molecule has 3 rings (SSSR count). The van der Waals surface area contributed by atoms with Crippen LogP contribution in [-0.2, 0) is 0 Å². The zero-order valence-corrected chi connectivity index (χ0v) is 10.4. The first-order valence-electron chi connectivity index (χ1n) is 5.39. The Labute approximate surface area is 102 Å². The standard InChI is InChI=1S/C11H13BrN4/c12-10-9-5-8(13)2-4-16(9)11(15-10)7-1-3-14-6-7/h2,4-5,7,14H,1,3,6,13H2. The zero-order chi connectivity index (χ0) is 11.1. The number of imidazole rings is 1. The van der Waals surface area contributed by atoms with Gasteiger partial charge in [0.1, 0.15) is 10.4 Å². The Hall–Kier alpha value is -1.07. The summed E-state index contributed by atoms with van der Waals surface area (Å²) in [7, 11) is 0. The molecule has 84 valence electrons. The molecule has 0 radical (unpaired) electrons. The summed E-state index contributed by atoms with van der Waals surface area (Å²) in [5.74, 6) is 1.62. The lowest BCUT2D eigenvalue weighted by atomic mass is 10.1. The second-order valence-corrected chi connectivity index (χ2v) is 4.92. The average Bonchev–Trinajstić information content (AvgIpc) is 2.87. The number of hydrogen-bond donors (Lipinski definition) is 2. The topological polar surface area (TPSA) is 55.4 Å². The van der Waals surface area contributed by atoms with Crippen molar-refractivity contribution in [1.29, 1.82) is 0 Å². The van der Waals surface area contributed by atoms with E-state index < -0.39 is 0 Å². The predicted molar refractivity (Wildman–Crippen MR) is 67.5 cm³/mol. The minimum atomic E-state index is 0.502. The summed E-state index contributed by atoms with van der Waals surface area (Å²) >= 11 is 3.49. The molecule has 16 heavy (non-hydrogen) atoms. The fourth-order valence-electron chi connectivity index (χ4n) is 2.25. The molecule has 1 unspecified atom stereocenters. The van der Waals surface area contributed by atoms with Gasteiger partial charge in [0.25, 0.3) is 0 Å². The van der Waals surface area contributed by atoms with Crippen molar-refractivity contribution >= 4 is 27.1 Å². The minimum absolute atomic E-state index is 0.502. The fraction of sp³-hybridized carbons (Fsp3) is 0.364. The Balaban J connectivity index is 2.18. The van der Waals surface area contributed by atoms with Crippen LogP contribution in [0.4, 0.5) is 5.69 Å². The molecule has 0 saturated carbocycles. The molecule has 5 heteroatoms. The highest BCUT2D eigenvalue weighted by Gasteiger charge is 2.22. The van der Waals surface area contributed by atoms with Gasteiger partial charge in [-0.2, -0.15) is 0 Å². The van der Waals surface area contributed by atoms with Gasteiger partial charge in [0, 0.05) is 24.3 Å². The number of hydrogen-bond acceptors (Lipinski definition) is 3. The highest BCUT2D eigenvalue weighted by Crippen LogP contribution is 2.27. The molecule has 3 N–H and O–H groups in total. The first kappa shape index (κ1) is 10.1. The van der Waals surface area contributed by atoms with Crippen molar-refractivity contribution in [2.24, 2.45) is 0 Å². The van der Waals surface area contributed by atoms with Gasteiger partial charge in [0.2, 0.25) is 0 Å². The van der Waals surface area contributed by atoms with E-state index in [9.17, 15) is 0 Å². The van der Waals surface area contributed by atoms with E-state index in [2.05, 4.69) is 30.6 Å². The molecule has 2 aromatic heterocycles. The normalized spacial score (nSPS) is 20.7. The summed E-state index contributed by atoms with van der Waals surface area (Å²) in [5.41, 5.74) is 7.59. The Morgan fingerprint density at radius 3 is 3.19 bits per heavy atom. The number of halogens is 1. The maximum atomic E-state index is 5.78. The molecule has 0 bridgehead atoms. The van der Waals surface area contributed by atoms with Crippen molar-refractivity contribution in [2.75, 3.05) is 18.8 Å². The number of nitrogen functional groups attached to an aromatic ring is 1. The van der Waals surface area contributed by atoms with E-state index in [-0.39, 0.29) is 0 Å². The molecule has 1 aliphatic heterocycles. The molecular weight excluding hydrogens is 268 g/mol. The minimum Gasteiger partial charge on any atom is -0.399 e. The average molecular weight is 281 g/mol. The van der Waals surface area contributed by atoms with Crippen LogP contribution < -0.4 is 11.1 Å². The van der Waals surface area contributed by atoms with Crippen LogP contribution in [0.2, 0.25) is 0 Å². The lowest BCUT2D eigenvalue weighted by Gasteiger charge is -2.07. The first-order chi connectivity index (χ1) is 7.75. The number of nitrogens with zero attached hydrogens (tertiary/aromatic N) is 2. The number of rotatable bonds is 1. The van der Waals surface area contributed by atoms with Gasteiger partial charge in [-0.15, -0.1) is 0 Å². The Morgan fingerprint density at radius 1 is 1.56 bits per heavy atom. The summed E-state index contributed by atoms with van der Waals surface area (Å²) < 4.78 is 3.00. The van der Waals surface area contributed by atoms with Crippen LogP contribution in [0.25, 0.3) is 5.52 Å². The summed E-state index contributed by atoms with van der Waals surface area (Å²) in [6, 6.07) is 3.86. The number of aromatic nitrogens is 2. The highest BCUT2D eigenvalue weighted by molar-refractivity contribution is 9.10. The number of nitrogens with one attached hydrogen (secondary N) is 1. The summed E-state index contributed by atoms with van der Waals surface area (Å²) in [5, 5.41) is 3.36. The second-order valence-electron chi connectivity index (χ2n) is 4.17. The van der Waals surface area contributed by atoms with E-state index in [1.807, 2.05) is 18.3 Å². The second kappa shape index (κ2) is 3.75.